The fourth-order valence-electron chi connectivity index (χ4n) is 1.28. The Bertz CT molecular complexity index is 312. The highest BCUT2D eigenvalue weighted by atomic mass is 35.5. The molecule has 0 radical (unpaired) electrons. The van der Waals surface area contributed by atoms with E-state index in [-0.39, 0.29) is 0 Å². The SMILES string of the molecule is CNCc1c(Cl)cccc1SCC(C)C. The number of thioether (sulfide) groups is 1. The Hall–Kier alpha value is -0.180. The Balaban J connectivity index is 2.80. The monoisotopic (exact) mass is 243 g/mol. The van der Waals surface area contributed by atoms with E-state index in [1.54, 1.807) is 0 Å². The lowest BCUT2D eigenvalue weighted by Gasteiger charge is -2.11. The summed E-state index contributed by atoms with van der Waals surface area (Å²) in [6.45, 7) is 5.30. The molecule has 0 saturated carbocycles. The molecule has 0 aromatic heterocycles. The first kappa shape index (κ1) is 12.9. The van der Waals surface area contributed by atoms with Crippen molar-refractivity contribution in [3.63, 3.8) is 0 Å². The van der Waals surface area contributed by atoms with Gasteiger partial charge in [0.2, 0.25) is 0 Å². The molecule has 0 amide bonds. The van der Waals surface area contributed by atoms with Crippen LogP contribution in [0.5, 0.6) is 0 Å². The summed E-state index contributed by atoms with van der Waals surface area (Å²) in [6.07, 6.45) is 0. The normalized spacial score (nSPS) is 11.0. The molecule has 1 N–H and O–H groups in total. The maximum atomic E-state index is 6.17. The number of rotatable bonds is 5. The van der Waals surface area contributed by atoms with Gasteiger partial charge in [0.05, 0.1) is 0 Å². The zero-order valence-electron chi connectivity index (χ0n) is 9.51. The third-order valence-corrected chi connectivity index (χ3v) is 3.88. The van der Waals surface area contributed by atoms with Gasteiger partial charge in [-0.1, -0.05) is 31.5 Å². The minimum absolute atomic E-state index is 0.705. The van der Waals surface area contributed by atoms with Crippen molar-refractivity contribution in [2.75, 3.05) is 12.8 Å². The van der Waals surface area contributed by atoms with Crippen LogP contribution < -0.4 is 5.32 Å². The second kappa shape index (κ2) is 6.41. The van der Waals surface area contributed by atoms with Gasteiger partial charge in [-0.25, -0.2) is 0 Å². The number of nitrogens with one attached hydrogen (secondary N) is 1. The highest BCUT2D eigenvalue weighted by molar-refractivity contribution is 7.99. The quantitative estimate of drug-likeness (QED) is 0.790. The van der Waals surface area contributed by atoms with Gasteiger partial charge in [-0.05, 0) is 30.7 Å². The summed E-state index contributed by atoms with van der Waals surface area (Å²) in [5.41, 5.74) is 1.22. The standard InChI is InChI=1S/C12H18ClNS/c1-9(2)8-15-12-6-4-5-11(13)10(12)7-14-3/h4-6,9,14H,7-8H2,1-3H3. The van der Waals surface area contributed by atoms with E-state index < -0.39 is 0 Å². The van der Waals surface area contributed by atoms with Gasteiger partial charge in [0, 0.05) is 22.2 Å². The van der Waals surface area contributed by atoms with Crippen LogP contribution in [0.2, 0.25) is 5.02 Å². The maximum Gasteiger partial charge on any atom is 0.0462 e. The molecule has 3 heteroatoms. The molecule has 1 aromatic rings. The molecule has 0 spiro atoms. The van der Waals surface area contributed by atoms with Gasteiger partial charge in [-0.2, -0.15) is 0 Å². The molecule has 0 bridgehead atoms. The second-order valence-corrected chi connectivity index (χ2v) is 5.42. The molecule has 0 aliphatic heterocycles. The molecule has 15 heavy (non-hydrogen) atoms. The highest BCUT2D eigenvalue weighted by Gasteiger charge is 2.07. The molecule has 0 heterocycles. The Morgan fingerprint density at radius 3 is 2.73 bits per heavy atom. The molecule has 1 aromatic carbocycles. The first-order chi connectivity index (χ1) is 7.15. The number of hydrogen-bond acceptors (Lipinski definition) is 2. The zero-order chi connectivity index (χ0) is 11.3. The van der Waals surface area contributed by atoms with E-state index in [4.69, 9.17) is 11.6 Å². The van der Waals surface area contributed by atoms with Crippen molar-refractivity contribution in [3.05, 3.63) is 28.8 Å². The average molecular weight is 244 g/mol. The molecule has 84 valence electrons. The van der Waals surface area contributed by atoms with E-state index in [2.05, 4.69) is 25.2 Å². The van der Waals surface area contributed by atoms with E-state index >= 15 is 0 Å². The molecule has 0 fully saturated rings. The van der Waals surface area contributed by atoms with Gasteiger partial charge >= 0.3 is 0 Å². The molecular weight excluding hydrogens is 226 g/mol. The summed E-state index contributed by atoms with van der Waals surface area (Å²) in [5.74, 6) is 1.84. The second-order valence-electron chi connectivity index (χ2n) is 3.95. The van der Waals surface area contributed by atoms with Crippen LogP contribution in [-0.2, 0) is 6.54 Å². The van der Waals surface area contributed by atoms with Crippen molar-refractivity contribution in [2.24, 2.45) is 5.92 Å². The van der Waals surface area contributed by atoms with Crippen LogP contribution in [0.4, 0.5) is 0 Å². The van der Waals surface area contributed by atoms with Crippen LogP contribution in [0.1, 0.15) is 19.4 Å². The van der Waals surface area contributed by atoms with E-state index in [0.29, 0.717) is 5.92 Å². The van der Waals surface area contributed by atoms with Crippen LogP contribution in [0, 0.1) is 5.92 Å². The lowest BCUT2D eigenvalue weighted by atomic mass is 10.2. The molecule has 0 atom stereocenters. The number of benzene rings is 1. The van der Waals surface area contributed by atoms with Gasteiger partial charge in [0.1, 0.15) is 0 Å². The fraction of sp³-hybridized carbons (Fsp3) is 0.500. The molecule has 0 aliphatic rings. The minimum Gasteiger partial charge on any atom is -0.316 e. The van der Waals surface area contributed by atoms with Crippen molar-refractivity contribution in [1.29, 1.82) is 0 Å². The molecule has 0 saturated heterocycles. The van der Waals surface area contributed by atoms with Crippen LogP contribution in [-0.4, -0.2) is 12.8 Å². The molecule has 0 aliphatic carbocycles. The largest absolute Gasteiger partial charge is 0.316 e. The van der Waals surface area contributed by atoms with Gasteiger partial charge in [0.15, 0.2) is 0 Å². The summed E-state index contributed by atoms with van der Waals surface area (Å²) in [6, 6.07) is 6.11. The van der Waals surface area contributed by atoms with Crippen LogP contribution in [0.3, 0.4) is 0 Å². The third kappa shape index (κ3) is 4.06. The van der Waals surface area contributed by atoms with Crippen molar-refractivity contribution in [3.8, 4) is 0 Å². The van der Waals surface area contributed by atoms with Gasteiger partial charge < -0.3 is 5.32 Å². The zero-order valence-corrected chi connectivity index (χ0v) is 11.1. The van der Waals surface area contributed by atoms with Gasteiger partial charge in [0.25, 0.3) is 0 Å². The Labute approximate surface area is 102 Å². The first-order valence-electron chi connectivity index (χ1n) is 5.20. The minimum atomic E-state index is 0.705. The predicted octanol–water partition coefficient (Wildman–Crippen LogP) is 3.81. The van der Waals surface area contributed by atoms with Crippen molar-refractivity contribution < 1.29 is 0 Å². The molecule has 1 rings (SSSR count). The Morgan fingerprint density at radius 1 is 1.40 bits per heavy atom. The van der Waals surface area contributed by atoms with Crippen molar-refractivity contribution >= 4 is 23.4 Å². The Morgan fingerprint density at radius 2 is 2.13 bits per heavy atom. The smallest absolute Gasteiger partial charge is 0.0462 e. The summed E-state index contributed by atoms with van der Waals surface area (Å²) >= 11 is 8.05. The summed E-state index contributed by atoms with van der Waals surface area (Å²) in [7, 11) is 1.94. The number of halogens is 1. The van der Waals surface area contributed by atoms with Crippen LogP contribution in [0.15, 0.2) is 23.1 Å². The topological polar surface area (TPSA) is 12.0 Å². The lowest BCUT2D eigenvalue weighted by Crippen LogP contribution is -2.07. The molecular formula is C12H18ClNS. The average Bonchev–Trinajstić information content (AvgIpc) is 2.19. The van der Waals surface area contributed by atoms with E-state index in [1.807, 2.05) is 30.9 Å². The van der Waals surface area contributed by atoms with Crippen LogP contribution >= 0.6 is 23.4 Å². The summed E-state index contributed by atoms with van der Waals surface area (Å²) in [4.78, 5) is 1.30. The Kier molecular flexibility index (Phi) is 5.51. The van der Waals surface area contributed by atoms with E-state index in [1.165, 1.54) is 10.5 Å². The first-order valence-corrected chi connectivity index (χ1v) is 6.56. The maximum absolute atomic E-state index is 6.17. The lowest BCUT2D eigenvalue weighted by molar-refractivity contribution is 0.749. The highest BCUT2D eigenvalue weighted by Crippen LogP contribution is 2.29. The predicted molar refractivity (Wildman–Crippen MR) is 69.8 cm³/mol. The number of hydrogen-bond donors (Lipinski definition) is 1. The molecule has 0 unspecified atom stereocenters. The van der Waals surface area contributed by atoms with Gasteiger partial charge in [-0.3, -0.25) is 0 Å². The summed E-state index contributed by atoms with van der Waals surface area (Å²) in [5, 5.41) is 4.01. The molecule has 1 nitrogen and oxygen atoms in total. The fourth-order valence-corrected chi connectivity index (χ4v) is 2.62. The van der Waals surface area contributed by atoms with E-state index in [0.717, 1.165) is 17.3 Å². The van der Waals surface area contributed by atoms with Crippen molar-refractivity contribution in [1.82, 2.24) is 5.32 Å². The van der Waals surface area contributed by atoms with Gasteiger partial charge in [-0.15, -0.1) is 11.8 Å². The summed E-state index contributed by atoms with van der Waals surface area (Å²) < 4.78 is 0. The van der Waals surface area contributed by atoms with E-state index in [9.17, 15) is 0 Å². The van der Waals surface area contributed by atoms with Crippen LogP contribution in [0.25, 0.3) is 0 Å². The van der Waals surface area contributed by atoms with Crippen molar-refractivity contribution in [2.45, 2.75) is 25.3 Å². The third-order valence-electron chi connectivity index (χ3n) is 2.00.